The van der Waals surface area contributed by atoms with E-state index in [9.17, 15) is 0 Å². The second-order valence-corrected chi connectivity index (χ2v) is 18.0. The maximum atomic E-state index is 2.60. The highest BCUT2D eigenvalue weighted by atomic mass is 15.2. The first-order valence-electron chi connectivity index (χ1n) is 18.5. The Kier molecular flexibility index (Phi) is 7.36. The molecule has 0 fully saturated rings. The maximum Gasteiger partial charge on any atom is 0.252 e. The van der Waals surface area contributed by atoms with Crippen molar-refractivity contribution in [3.05, 3.63) is 130 Å². The standard InChI is InChI=1S/C47H51BN2/c1-30-26-42-44-43(27-30)50(39-17-13-15-31-14-11-12-16-36(31)39)41-25-21-34(47(8,9)10)29-38(41)48(44)37-28-33(46(5,6)7)20-24-40(37)49(42)35-22-18-32(19-23-35)45(2,3)4/h12-13,15-29H,11,14H2,1-10H3. The SMILES string of the molecule is Cc1cc2c3c(c1)N(c1cccc4c1C=CCC4)c1ccc(C(C)(C)C)cc1B3c1cc(C(C)(C)C)ccc1N2c1ccc(C(C)(C)C)cc1. The van der Waals surface area contributed by atoms with Crippen molar-refractivity contribution in [2.45, 2.75) is 98.3 Å². The van der Waals surface area contributed by atoms with Gasteiger partial charge in [0.1, 0.15) is 0 Å². The van der Waals surface area contributed by atoms with Gasteiger partial charge in [-0.05, 0) is 123 Å². The molecular weight excluding hydrogens is 603 g/mol. The van der Waals surface area contributed by atoms with Gasteiger partial charge in [0.15, 0.2) is 0 Å². The van der Waals surface area contributed by atoms with Crippen LogP contribution in [0.2, 0.25) is 0 Å². The van der Waals surface area contributed by atoms with E-state index in [2.05, 4.69) is 182 Å². The fourth-order valence-corrected chi connectivity index (χ4v) is 8.37. The molecule has 8 rings (SSSR count). The molecule has 0 saturated carbocycles. The number of hydrogen-bond acceptors (Lipinski definition) is 2. The van der Waals surface area contributed by atoms with E-state index in [0.29, 0.717) is 0 Å². The predicted molar refractivity (Wildman–Crippen MR) is 219 cm³/mol. The Morgan fingerprint density at radius 1 is 0.540 bits per heavy atom. The normalized spacial score (nSPS) is 15.0. The molecule has 0 spiro atoms. The summed E-state index contributed by atoms with van der Waals surface area (Å²) in [5.74, 6) is 0. The van der Waals surface area contributed by atoms with Crippen molar-refractivity contribution in [3.63, 3.8) is 0 Å². The van der Waals surface area contributed by atoms with E-state index >= 15 is 0 Å². The zero-order valence-electron chi connectivity index (χ0n) is 31.7. The van der Waals surface area contributed by atoms with Crippen LogP contribution in [0.15, 0.2) is 97.1 Å². The van der Waals surface area contributed by atoms with E-state index in [0.717, 1.165) is 12.8 Å². The van der Waals surface area contributed by atoms with Crippen molar-refractivity contribution in [3.8, 4) is 0 Å². The average molecular weight is 655 g/mol. The number of anilines is 6. The van der Waals surface area contributed by atoms with E-state index in [1.807, 2.05) is 0 Å². The van der Waals surface area contributed by atoms with Crippen LogP contribution in [0.25, 0.3) is 6.08 Å². The molecule has 0 amide bonds. The van der Waals surface area contributed by atoms with Crippen LogP contribution in [0.1, 0.15) is 102 Å². The molecular formula is C47H51BN2. The summed E-state index contributed by atoms with van der Waals surface area (Å²) >= 11 is 0. The van der Waals surface area contributed by atoms with Crippen molar-refractivity contribution < 1.29 is 0 Å². The highest BCUT2D eigenvalue weighted by Gasteiger charge is 2.44. The zero-order chi connectivity index (χ0) is 35.3. The van der Waals surface area contributed by atoms with Crippen molar-refractivity contribution >= 4 is 63.3 Å². The lowest BCUT2D eigenvalue weighted by molar-refractivity contribution is 0.590. The first-order valence-corrected chi connectivity index (χ1v) is 18.5. The van der Waals surface area contributed by atoms with Crippen LogP contribution >= 0.6 is 0 Å². The number of fused-ring (bicyclic) bond motifs is 5. The van der Waals surface area contributed by atoms with Crippen LogP contribution in [-0.2, 0) is 22.7 Å². The summed E-state index contributed by atoms with van der Waals surface area (Å²) in [6.07, 6.45) is 6.89. The van der Waals surface area contributed by atoms with Gasteiger partial charge in [-0.25, -0.2) is 0 Å². The Labute approximate surface area is 300 Å². The van der Waals surface area contributed by atoms with Gasteiger partial charge in [-0.3, -0.25) is 0 Å². The second kappa shape index (κ2) is 11.3. The quantitative estimate of drug-likeness (QED) is 0.171. The molecule has 252 valence electrons. The van der Waals surface area contributed by atoms with Crippen LogP contribution in [0.4, 0.5) is 34.1 Å². The van der Waals surface area contributed by atoms with E-state index in [4.69, 9.17) is 0 Å². The minimum absolute atomic E-state index is 0.0243. The van der Waals surface area contributed by atoms with Crippen LogP contribution in [0.3, 0.4) is 0 Å². The molecule has 0 radical (unpaired) electrons. The minimum atomic E-state index is 0.0243. The summed E-state index contributed by atoms with van der Waals surface area (Å²) in [6, 6.07) is 35.7. The smallest absolute Gasteiger partial charge is 0.252 e. The molecule has 0 saturated heterocycles. The van der Waals surface area contributed by atoms with E-state index in [1.165, 1.54) is 83.9 Å². The number of allylic oxidation sites excluding steroid dienone is 1. The van der Waals surface area contributed by atoms with E-state index in [1.54, 1.807) is 0 Å². The van der Waals surface area contributed by atoms with E-state index in [-0.39, 0.29) is 23.0 Å². The second-order valence-electron chi connectivity index (χ2n) is 18.0. The maximum absolute atomic E-state index is 2.60. The first-order chi connectivity index (χ1) is 23.6. The summed E-state index contributed by atoms with van der Waals surface area (Å²) < 4.78 is 0. The molecule has 0 unspecified atom stereocenters. The Balaban J connectivity index is 1.48. The van der Waals surface area contributed by atoms with E-state index < -0.39 is 0 Å². The van der Waals surface area contributed by atoms with Gasteiger partial charge in [0.05, 0.1) is 5.69 Å². The third-order valence-electron chi connectivity index (χ3n) is 11.2. The average Bonchev–Trinajstić information content (AvgIpc) is 3.06. The fourth-order valence-electron chi connectivity index (χ4n) is 8.37. The molecule has 0 atom stereocenters. The molecule has 2 heterocycles. The van der Waals surface area contributed by atoms with Gasteiger partial charge in [0, 0.05) is 34.0 Å². The molecule has 0 aromatic heterocycles. The molecule has 2 aliphatic heterocycles. The molecule has 2 nitrogen and oxygen atoms in total. The summed E-state index contributed by atoms with van der Waals surface area (Å²) in [5, 5.41) is 0. The molecule has 0 bridgehead atoms. The van der Waals surface area contributed by atoms with Crippen LogP contribution in [-0.4, -0.2) is 6.71 Å². The highest BCUT2D eigenvalue weighted by Crippen LogP contribution is 2.47. The van der Waals surface area contributed by atoms with Gasteiger partial charge in [0.2, 0.25) is 0 Å². The molecule has 3 aliphatic rings. The van der Waals surface area contributed by atoms with Gasteiger partial charge in [-0.15, -0.1) is 0 Å². The van der Waals surface area contributed by atoms with Gasteiger partial charge in [-0.1, -0.05) is 123 Å². The molecule has 5 aromatic carbocycles. The molecule has 5 aromatic rings. The number of aryl methyl sites for hydroxylation is 2. The number of benzene rings is 5. The predicted octanol–water partition coefficient (Wildman–Crippen LogP) is 10.9. The Morgan fingerprint density at radius 2 is 1.08 bits per heavy atom. The Morgan fingerprint density at radius 3 is 1.66 bits per heavy atom. The molecule has 3 heteroatoms. The fraction of sp³-hybridized carbons (Fsp3) is 0.319. The van der Waals surface area contributed by atoms with Crippen molar-refractivity contribution in [1.82, 2.24) is 0 Å². The van der Waals surface area contributed by atoms with Crippen molar-refractivity contribution in [1.29, 1.82) is 0 Å². The largest absolute Gasteiger partial charge is 0.311 e. The van der Waals surface area contributed by atoms with Crippen molar-refractivity contribution in [2.24, 2.45) is 0 Å². The molecule has 50 heavy (non-hydrogen) atoms. The summed E-state index contributed by atoms with van der Waals surface area (Å²) in [7, 11) is 0. The first kappa shape index (κ1) is 32.7. The van der Waals surface area contributed by atoms with Gasteiger partial charge in [0.25, 0.3) is 6.71 Å². The monoisotopic (exact) mass is 654 g/mol. The number of nitrogens with zero attached hydrogens (tertiary/aromatic N) is 2. The lowest BCUT2D eigenvalue weighted by Gasteiger charge is -2.45. The third kappa shape index (κ3) is 5.24. The summed E-state index contributed by atoms with van der Waals surface area (Å²) in [6.45, 7) is 23.3. The van der Waals surface area contributed by atoms with Crippen LogP contribution < -0.4 is 26.2 Å². The lowest BCUT2D eigenvalue weighted by atomic mass is 9.33. The zero-order valence-corrected chi connectivity index (χ0v) is 31.7. The van der Waals surface area contributed by atoms with Crippen LogP contribution in [0, 0.1) is 6.92 Å². The van der Waals surface area contributed by atoms with Gasteiger partial charge in [-0.2, -0.15) is 0 Å². The van der Waals surface area contributed by atoms with Crippen LogP contribution in [0.5, 0.6) is 0 Å². The summed E-state index contributed by atoms with van der Waals surface area (Å²) in [4.78, 5) is 5.14. The third-order valence-corrected chi connectivity index (χ3v) is 11.2. The van der Waals surface area contributed by atoms with Gasteiger partial charge < -0.3 is 9.80 Å². The lowest BCUT2D eigenvalue weighted by Crippen LogP contribution is -2.61. The number of rotatable bonds is 2. The Hall–Kier alpha value is -4.50. The summed E-state index contributed by atoms with van der Waals surface area (Å²) in [5.41, 5.74) is 20.0. The van der Waals surface area contributed by atoms with Gasteiger partial charge >= 0.3 is 0 Å². The number of hydrogen-bond donors (Lipinski definition) is 0. The molecule has 1 aliphatic carbocycles. The topological polar surface area (TPSA) is 6.48 Å². The minimum Gasteiger partial charge on any atom is -0.311 e. The highest BCUT2D eigenvalue weighted by molar-refractivity contribution is 7.00. The Bertz CT molecular complexity index is 2180. The molecule has 0 N–H and O–H groups in total. The van der Waals surface area contributed by atoms with Crippen molar-refractivity contribution in [2.75, 3.05) is 9.80 Å².